The molecule has 0 aromatic heterocycles. The van der Waals surface area contributed by atoms with Gasteiger partial charge in [0.1, 0.15) is 12.4 Å². The van der Waals surface area contributed by atoms with Gasteiger partial charge >= 0.3 is 6.61 Å². The highest BCUT2D eigenvalue weighted by molar-refractivity contribution is 6.20. The number of aryl methyl sites for hydroxylation is 1. The van der Waals surface area contributed by atoms with Gasteiger partial charge in [0.25, 0.3) is 5.91 Å². The minimum absolute atomic E-state index is 0.0170. The molecular formula is C26H23F2NO4. The average molecular weight is 451 g/mol. The average Bonchev–Trinajstić information content (AvgIpc) is 2.80. The minimum atomic E-state index is -3.11. The second-order valence-corrected chi connectivity index (χ2v) is 7.08. The third kappa shape index (κ3) is 6.01. The highest BCUT2D eigenvalue weighted by Crippen LogP contribution is 2.31. The topological polar surface area (TPSA) is 70.8 Å². The molecule has 3 rings (SSSR count). The van der Waals surface area contributed by atoms with E-state index in [1.807, 2.05) is 24.3 Å². The molecule has 0 fully saturated rings. The van der Waals surface area contributed by atoms with Gasteiger partial charge in [-0.2, -0.15) is 8.78 Å². The van der Waals surface area contributed by atoms with Crippen LogP contribution < -0.4 is 15.2 Å². The van der Waals surface area contributed by atoms with Crippen LogP contribution in [0.1, 0.15) is 17.5 Å². The molecule has 7 heteroatoms. The zero-order valence-corrected chi connectivity index (χ0v) is 18.0. The van der Waals surface area contributed by atoms with E-state index in [-0.39, 0.29) is 30.8 Å². The van der Waals surface area contributed by atoms with Crippen molar-refractivity contribution < 1.29 is 27.8 Å². The number of terminal acetylenes is 1. The molecule has 0 saturated heterocycles. The summed E-state index contributed by atoms with van der Waals surface area (Å²) in [6.07, 6.45) is 5.52. The van der Waals surface area contributed by atoms with Crippen LogP contribution in [0.5, 0.6) is 11.5 Å². The number of methoxy groups -OCH3 is 1. The smallest absolute Gasteiger partial charge is 0.387 e. The molecule has 5 nitrogen and oxygen atoms in total. The molecule has 3 aromatic carbocycles. The van der Waals surface area contributed by atoms with Crippen molar-refractivity contribution in [1.29, 1.82) is 0 Å². The number of carbonyl (C=O) groups is 1. The second kappa shape index (κ2) is 11.0. The third-order valence-corrected chi connectivity index (χ3v) is 4.97. The number of allylic oxidation sites excluding steroid dienone is 1. The third-order valence-electron chi connectivity index (χ3n) is 4.97. The highest BCUT2D eigenvalue weighted by atomic mass is 19.3. The Labute approximate surface area is 190 Å². The van der Waals surface area contributed by atoms with Crippen molar-refractivity contribution in [3.05, 3.63) is 77.5 Å². The van der Waals surface area contributed by atoms with Crippen molar-refractivity contribution in [3.63, 3.8) is 0 Å². The number of hydrogen-bond acceptors (Lipinski definition) is 4. The Morgan fingerprint density at radius 2 is 1.82 bits per heavy atom. The molecule has 1 amide bonds. The number of nitrogens with two attached hydrogens (primary N) is 1. The van der Waals surface area contributed by atoms with Crippen LogP contribution >= 0.6 is 0 Å². The van der Waals surface area contributed by atoms with E-state index in [0.29, 0.717) is 17.1 Å². The first-order valence-electron chi connectivity index (χ1n) is 10.1. The Balaban J connectivity index is 1.95. The zero-order valence-electron chi connectivity index (χ0n) is 18.0. The van der Waals surface area contributed by atoms with E-state index in [9.17, 15) is 13.6 Å². The lowest BCUT2D eigenvalue weighted by Gasteiger charge is -2.16. The summed E-state index contributed by atoms with van der Waals surface area (Å²) in [5, 5.41) is 1.79. The number of benzene rings is 3. The van der Waals surface area contributed by atoms with E-state index in [1.165, 1.54) is 7.11 Å². The van der Waals surface area contributed by atoms with Crippen LogP contribution in [0.2, 0.25) is 0 Å². The predicted octanol–water partition coefficient (Wildman–Crippen LogP) is 4.93. The van der Waals surface area contributed by atoms with E-state index in [4.69, 9.17) is 26.4 Å². The number of rotatable bonds is 10. The molecule has 0 spiro atoms. The summed E-state index contributed by atoms with van der Waals surface area (Å²) in [7, 11) is 1.48. The van der Waals surface area contributed by atoms with Gasteiger partial charge in [-0.15, -0.1) is 6.42 Å². The molecule has 170 valence electrons. The molecule has 0 atom stereocenters. The summed E-state index contributed by atoms with van der Waals surface area (Å²) in [6, 6.07) is 17.8. The summed E-state index contributed by atoms with van der Waals surface area (Å²) >= 11 is 0. The first-order valence-corrected chi connectivity index (χ1v) is 10.1. The first-order chi connectivity index (χ1) is 15.9. The van der Waals surface area contributed by atoms with Gasteiger partial charge in [0.2, 0.25) is 0 Å². The molecule has 0 aliphatic carbocycles. The summed E-state index contributed by atoms with van der Waals surface area (Å²) in [5.74, 6) is 2.26. The van der Waals surface area contributed by atoms with Crippen molar-refractivity contribution in [3.8, 4) is 23.8 Å². The van der Waals surface area contributed by atoms with Crippen LogP contribution in [0, 0.1) is 12.3 Å². The molecule has 3 aromatic rings. The molecular weight excluding hydrogens is 428 g/mol. The number of carbonyl (C=O) groups excluding carboxylic acids is 1. The molecule has 0 heterocycles. The van der Waals surface area contributed by atoms with Gasteiger partial charge in [0.05, 0.1) is 12.7 Å². The van der Waals surface area contributed by atoms with Crippen LogP contribution in [0.3, 0.4) is 0 Å². The van der Waals surface area contributed by atoms with Gasteiger partial charge in [0.15, 0.2) is 11.5 Å². The van der Waals surface area contributed by atoms with E-state index < -0.39 is 12.5 Å². The van der Waals surface area contributed by atoms with Gasteiger partial charge in [-0.3, -0.25) is 4.79 Å². The molecule has 33 heavy (non-hydrogen) atoms. The number of alkyl halides is 2. The Bertz CT molecular complexity index is 1210. The maximum atomic E-state index is 13.2. The fraction of sp³-hybridized carbons (Fsp3) is 0.192. The van der Waals surface area contributed by atoms with Crippen molar-refractivity contribution in [1.82, 2.24) is 0 Å². The monoisotopic (exact) mass is 451 g/mol. The van der Waals surface area contributed by atoms with Crippen LogP contribution in [0.25, 0.3) is 16.3 Å². The van der Waals surface area contributed by atoms with Crippen molar-refractivity contribution >= 4 is 22.3 Å². The number of ether oxygens (including phenoxy) is 3. The fourth-order valence-corrected chi connectivity index (χ4v) is 3.50. The SMILES string of the molecule is C#CCOc1ccc(CCC(OC(F)F)=C(C(N)=O)c2ccc3ccccc3c2)cc1OC. The summed E-state index contributed by atoms with van der Waals surface area (Å²) in [4.78, 5) is 12.3. The van der Waals surface area contributed by atoms with Crippen molar-refractivity contribution in [2.75, 3.05) is 13.7 Å². The Morgan fingerprint density at radius 3 is 2.48 bits per heavy atom. The van der Waals surface area contributed by atoms with Gasteiger partial charge in [-0.1, -0.05) is 48.4 Å². The van der Waals surface area contributed by atoms with E-state index in [1.54, 1.807) is 36.4 Å². The van der Waals surface area contributed by atoms with Crippen molar-refractivity contribution in [2.24, 2.45) is 5.73 Å². The quantitative estimate of drug-likeness (QED) is 0.270. The zero-order chi connectivity index (χ0) is 23.8. The second-order valence-electron chi connectivity index (χ2n) is 7.08. The summed E-state index contributed by atoms with van der Waals surface area (Å²) in [5.41, 5.74) is 6.69. The van der Waals surface area contributed by atoms with E-state index in [0.717, 1.165) is 16.3 Å². The highest BCUT2D eigenvalue weighted by Gasteiger charge is 2.20. The summed E-state index contributed by atoms with van der Waals surface area (Å²) < 4.78 is 42.0. The predicted molar refractivity (Wildman–Crippen MR) is 123 cm³/mol. The number of primary amides is 1. The molecule has 0 aliphatic rings. The van der Waals surface area contributed by atoms with Gasteiger partial charge < -0.3 is 19.9 Å². The van der Waals surface area contributed by atoms with Crippen LogP contribution in [0.15, 0.2) is 66.4 Å². The maximum absolute atomic E-state index is 13.2. The van der Waals surface area contributed by atoms with Crippen LogP contribution in [0.4, 0.5) is 8.78 Å². The standard InChI is InChI=1S/C26H23F2NO4/c1-3-14-32-21-12-8-17(15-23(21)31-2)9-13-22(33-26(27)28)24(25(29)30)20-11-10-18-6-4-5-7-19(18)16-20/h1,4-8,10-12,15-16,26H,9,13-14H2,2H3,(H2,29,30). The van der Waals surface area contributed by atoms with Gasteiger partial charge in [0, 0.05) is 6.42 Å². The van der Waals surface area contributed by atoms with Crippen LogP contribution in [-0.4, -0.2) is 26.2 Å². The molecule has 0 bridgehead atoms. The molecule has 2 N–H and O–H groups in total. The maximum Gasteiger partial charge on any atom is 0.387 e. The lowest BCUT2D eigenvalue weighted by Crippen LogP contribution is -2.17. The lowest BCUT2D eigenvalue weighted by atomic mass is 9.97. The van der Waals surface area contributed by atoms with E-state index in [2.05, 4.69) is 5.92 Å². The van der Waals surface area contributed by atoms with Gasteiger partial charge in [-0.25, -0.2) is 0 Å². The molecule has 0 radical (unpaired) electrons. The number of halogens is 2. The minimum Gasteiger partial charge on any atom is -0.493 e. The number of amides is 1. The Hall–Kier alpha value is -4.05. The number of hydrogen-bond donors (Lipinski definition) is 1. The summed E-state index contributed by atoms with van der Waals surface area (Å²) in [6.45, 7) is -3.03. The fourth-order valence-electron chi connectivity index (χ4n) is 3.50. The Kier molecular flexibility index (Phi) is 7.87. The Morgan fingerprint density at radius 1 is 1.06 bits per heavy atom. The molecule has 0 saturated carbocycles. The first kappa shape index (κ1) is 23.6. The van der Waals surface area contributed by atoms with Crippen LogP contribution in [-0.2, 0) is 16.0 Å². The van der Waals surface area contributed by atoms with Crippen molar-refractivity contribution in [2.45, 2.75) is 19.5 Å². The lowest BCUT2D eigenvalue weighted by molar-refractivity contribution is -0.114. The molecule has 0 unspecified atom stereocenters. The normalized spacial score (nSPS) is 11.6. The van der Waals surface area contributed by atoms with Gasteiger partial charge in [-0.05, 0) is 46.5 Å². The van der Waals surface area contributed by atoms with E-state index >= 15 is 0 Å². The largest absolute Gasteiger partial charge is 0.493 e. The molecule has 0 aliphatic heterocycles. The number of fused-ring (bicyclic) bond motifs is 1.